The Hall–Kier alpha value is -1.55. The van der Waals surface area contributed by atoms with Gasteiger partial charge in [0.05, 0.1) is 15.7 Å². The zero-order valence-electron chi connectivity index (χ0n) is 9.95. The number of anilines is 1. The molecule has 0 spiro atoms. The lowest BCUT2D eigenvalue weighted by Gasteiger charge is -2.04. The number of fused-ring (bicyclic) bond motifs is 1. The van der Waals surface area contributed by atoms with Crippen LogP contribution in [0.4, 0.5) is 11.4 Å². The van der Waals surface area contributed by atoms with Crippen molar-refractivity contribution in [2.75, 3.05) is 5.32 Å². The van der Waals surface area contributed by atoms with Crippen LogP contribution in [0.15, 0.2) is 41.4 Å². The molecular weight excluding hydrogens is 319 g/mol. The van der Waals surface area contributed by atoms with E-state index in [4.69, 9.17) is 34.8 Å². The van der Waals surface area contributed by atoms with E-state index in [0.717, 1.165) is 11.3 Å². The van der Waals surface area contributed by atoms with Crippen LogP contribution in [0.1, 0.15) is 5.56 Å². The van der Waals surface area contributed by atoms with Gasteiger partial charge in [-0.15, -0.1) is 0 Å². The van der Waals surface area contributed by atoms with E-state index in [1.54, 1.807) is 6.07 Å². The molecule has 1 aliphatic rings. The van der Waals surface area contributed by atoms with E-state index in [-0.39, 0.29) is 11.6 Å². The number of carbonyl (C=O) groups excluding carboxylic acids is 1. The molecular formula is C14H7Cl3N2O. The van der Waals surface area contributed by atoms with E-state index in [1.807, 2.05) is 18.2 Å². The summed E-state index contributed by atoms with van der Waals surface area (Å²) in [6.45, 7) is 0. The van der Waals surface area contributed by atoms with Gasteiger partial charge in [0.1, 0.15) is 11.4 Å². The van der Waals surface area contributed by atoms with Crippen LogP contribution in [0.25, 0.3) is 0 Å². The van der Waals surface area contributed by atoms with Crippen LogP contribution in [-0.4, -0.2) is 11.6 Å². The summed E-state index contributed by atoms with van der Waals surface area (Å²) in [7, 11) is 0. The highest BCUT2D eigenvalue weighted by Crippen LogP contribution is 2.37. The number of para-hydroxylation sites is 1. The number of carbonyl (C=O) groups is 1. The molecule has 0 saturated heterocycles. The van der Waals surface area contributed by atoms with Gasteiger partial charge in [-0.2, -0.15) is 0 Å². The molecule has 0 fully saturated rings. The van der Waals surface area contributed by atoms with Crippen LogP contribution in [0, 0.1) is 0 Å². The number of nitrogens with zero attached hydrogens (tertiary/aromatic N) is 1. The molecule has 0 unspecified atom stereocenters. The van der Waals surface area contributed by atoms with Crippen LogP contribution < -0.4 is 5.32 Å². The number of halogens is 3. The molecule has 1 N–H and O–H groups in total. The first-order valence-corrected chi connectivity index (χ1v) is 6.83. The lowest BCUT2D eigenvalue weighted by molar-refractivity contribution is -0.110. The normalized spacial score (nSPS) is 15.3. The number of amides is 1. The molecule has 100 valence electrons. The highest BCUT2D eigenvalue weighted by atomic mass is 35.5. The quantitative estimate of drug-likeness (QED) is 0.810. The highest BCUT2D eigenvalue weighted by molar-refractivity contribution is 6.54. The molecule has 0 aliphatic carbocycles. The minimum absolute atomic E-state index is 0.284. The monoisotopic (exact) mass is 324 g/mol. The largest absolute Gasteiger partial charge is 0.320 e. The van der Waals surface area contributed by atoms with E-state index in [1.165, 1.54) is 12.1 Å². The SMILES string of the molecule is O=C1Nc2ccccc2C1=Nc1c(Cl)cc(Cl)cc1Cl. The zero-order valence-corrected chi connectivity index (χ0v) is 12.2. The minimum Gasteiger partial charge on any atom is -0.320 e. The Kier molecular flexibility index (Phi) is 3.42. The summed E-state index contributed by atoms with van der Waals surface area (Å²) >= 11 is 18.0. The third-order valence-electron chi connectivity index (χ3n) is 2.85. The van der Waals surface area contributed by atoms with E-state index in [2.05, 4.69) is 10.3 Å². The Balaban J connectivity index is 2.17. The minimum atomic E-state index is -0.284. The van der Waals surface area contributed by atoms with Crippen LogP contribution in [0.3, 0.4) is 0 Å². The molecule has 0 radical (unpaired) electrons. The van der Waals surface area contributed by atoms with E-state index < -0.39 is 0 Å². The van der Waals surface area contributed by atoms with Crippen molar-refractivity contribution < 1.29 is 4.79 Å². The van der Waals surface area contributed by atoms with Crippen molar-refractivity contribution in [2.24, 2.45) is 4.99 Å². The van der Waals surface area contributed by atoms with E-state index >= 15 is 0 Å². The molecule has 6 heteroatoms. The van der Waals surface area contributed by atoms with Gasteiger partial charge in [0.2, 0.25) is 0 Å². The fourth-order valence-corrected chi connectivity index (χ4v) is 2.87. The Bertz CT molecular complexity index is 733. The van der Waals surface area contributed by atoms with Crippen LogP contribution in [0.2, 0.25) is 15.1 Å². The molecule has 0 saturated carbocycles. The average molecular weight is 326 g/mol. The fraction of sp³-hybridized carbons (Fsp3) is 0. The molecule has 1 amide bonds. The summed E-state index contributed by atoms with van der Waals surface area (Å²) in [6.07, 6.45) is 0. The van der Waals surface area contributed by atoms with Gasteiger partial charge in [0, 0.05) is 10.6 Å². The summed E-state index contributed by atoms with van der Waals surface area (Å²) in [5.74, 6) is -0.284. The fourth-order valence-electron chi connectivity index (χ4n) is 1.97. The smallest absolute Gasteiger partial charge is 0.275 e. The van der Waals surface area contributed by atoms with Crippen LogP contribution in [-0.2, 0) is 4.79 Å². The van der Waals surface area contributed by atoms with Gasteiger partial charge >= 0.3 is 0 Å². The van der Waals surface area contributed by atoms with Crippen LogP contribution >= 0.6 is 34.8 Å². The van der Waals surface area contributed by atoms with Gasteiger partial charge in [0.15, 0.2) is 0 Å². The molecule has 2 aromatic carbocycles. The summed E-state index contributed by atoms with van der Waals surface area (Å²) in [6, 6.07) is 10.4. The van der Waals surface area contributed by atoms with Crippen molar-refractivity contribution in [3.05, 3.63) is 57.0 Å². The van der Waals surface area contributed by atoms with Crippen molar-refractivity contribution in [3.8, 4) is 0 Å². The molecule has 0 bridgehead atoms. The predicted octanol–water partition coefficient (Wildman–Crippen LogP) is 4.72. The summed E-state index contributed by atoms with van der Waals surface area (Å²) < 4.78 is 0. The van der Waals surface area contributed by atoms with Crippen molar-refractivity contribution >= 4 is 57.8 Å². The first kappa shape index (κ1) is 13.4. The summed E-state index contributed by atoms with van der Waals surface area (Å²) in [4.78, 5) is 16.3. The maximum absolute atomic E-state index is 12.0. The number of nitrogens with one attached hydrogen (secondary N) is 1. The second-order valence-electron chi connectivity index (χ2n) is 4.18. The van der Waals surface area contributed by atoms with Gasteiger partial charge in [-0.1, -0.05) is 53.0 Å². The van der Waals surface area contributed by atoms with Gasteiger partial charge in [-0.05, 0) is 18.2 Å². The maximum Gasteiger partial charge on any atom is 0.275 e. The Morgan fingerprint density at radius 3 is 2.35 bits per heavy atom. The lowest BCUT2D eigenvalue weighted by Crippen LogP contribution is -2.13. The number of rotatable bonds is 1. The van der Waals surface area contributed by atoms with Crippen molar-refractivity contribution in [2.45, 2.75) is 0 Å². The Morgan fingerprint density at radius 2 is 1.65 bits per heavy atom. The summed E-state index contributed by atoms with van der Waals surface area (Å²) in [5, 5.41) is 3.75. The molecule has 2 aromatic rings. The molecule has 0 aromatic heterocycles. The lowest BCUT2D eigenvalue weighted by atomic mass is 10.1. The Labute approximate surface area is 130 Å². The van der Waals surface area contributed by atoms with Gasteiger partial charge in [-0.3, -0.25) is 4.79 Å². The molecule has 20 heavy (non-hydrogen) atoms. The second-order valence-corrected chi connectivity index (χ2v) is 5.43. The average Bonchev–Trinajstić information content (AvgIpc) is 2.69. The van der Waals surface area contributed by atoms with Gasteiger partial charge in [0.25, 0.3) is 5.91 Å². The number of hydrogen-bond acceptors (Lipinski definition) is 2. The topological polar surface area (TPSA) is 41.5 Å². The van der Waals surface area contributed by atoms with Crippen LogP contribution in [0.5, 0.6) is 0 Å². The first-order chi connectivity index (χ1) is 9.56. The van der Waals surface area contributed by atoms with Crippen molar-refractivity contribution in [1.29, 1.82) is 0 Å². The molecule has 0 atom stereocenters. The van der Waals surface area contributed by atoms with Gasteiger partial charge in [-0.25, -0.2) is 4.99 Å². The number of hydrogen-bond donors (Lipinski definition) is 1. The van der Waals surface area contributed by atoms with E-state index in [9.17, 15) is 4.79 Å². The van der Waals surface area contributed by atoms with Gasteiger partial charge < -0.3 is 5.32 Å². The molecule has 1 heterocycles. The third-order valence-corrected chi connectivity index (χ3v) is 3.65. The molecule has 3 rings (SSSR count). The zero-order chi connectivity index (χ0) is 14.3. The number of benzene rings is 2. The third kappa shape index (κ3) is 2.29. The predicted molar refractivity (Wildman–Crippen MR) is 82.7 cm³/mol. The molecule has 1 aliphatic heterocycles. The number of aliphatic imine (C=N–C) groups is 1. The van der Waals surface area contributed by atoms with Crippen molar-refractivity contribution in [1.82, 2.24) is 0 Å². The van der Waals surface area contributed by atoms with Crippen molar-refractivity contribution in [3.63, 3.8) is 0 Å². The Morgan fingerprint density at radius 1 is 1.00 bits per heavy atom. The molecule has 3 nitrogen and oxygen atoms in total. The standard InChI is InChI=1S/C14H7Cl3N2O/c15-7-5-9(16)13(10(17)6-7)19-12-8-3-1-2-4-11(8)18-14(12)20/h1-6H,(H,18,19,20). The van der Waals surface area contributed by atoms with E-state index in [0.29, 0.717) is 20.8 Å². The summed E-state index contributed by atoms with van der Waals surface area (Å²) in [5.41, 5.74) is 2.06. The second kappa shape index (κ2) is 5.09. The highest BCUT2D eigenvalue weighted by Gasteiger charge is 2.26. The first-order valence-electron chi connectivity index (χ1n) is 5.70. The maximum atomic E-state index is 12.0.